The number of carbonyl (C=O) groups is 1. The monoisotopic (exact) mass is 363 g/mol. The summed E-state index contributed by atoms with van der Waals surface area (Å²) in [6.45, 7) is 0.292. The summed E-state index contributed by atoms with van der Waals surface area (Å²) in [5.74, 6) is 0.179. The summed E-state index contributed by atoms with van der Waals surface area (Å²) in [5.41, 5.74) is 7.94. The summed E-state index contributed by atoms with van der Waals surface area (Å²) in [7, 11) is 1.62. The van der Waals surface area contributed by atoms with Crippen LogP contribution in [0.1, 0.15) is 23.6 Å². The van der Waals surface area contributed by atoms with Gasteiger partial charge in [0.1, 0.15) is 17.6 Å². The van der Waals surface area contributed by atoms with Gasteiger partial charge >= 0.3 is 0 Å². The number of rotatable bonds is 5. The van der Waals surface area contributed by atoms with Gasteiger partial charge in [0.2, 0.25) is 5.91 Å². The Morgan fingerprint density at radius 1 is 1.32 bits per heavy atom. The van der Waals surface area contributed by atoms with Crippen LogP contribution in [0.3, 0.4) is 0 Å². The number of amides is 1. The number of methoxy groups -OCH3 is 1. The van der Waals surface area contributed by atoms with E-state index in [4.69, 9.17) is 16.3 Å². The number of hydrazine groups is 1. The Kier molecular flexibility index (Phi) is 5.53. The lowest BCUT2D eigenvalue weighted by atomic mass is 10.0. The van der Waals surface area contributed by atoms with Crippen molar-refractivity contribution in [3.05, 3.63) is 64.4 Å². The first-order chi connectivity index (χ1) is 12.1. The van der Waals surface area contributed by atoms with Crippen molar-refractivity contribution in [2.24, 2.45) is 0 Å². The molecule has 1 aliphatic heterocycles. The first-order valence-electron chi connectivity index (χ1n) is 7.93. The van der Waals surface area contributed by atoms with Crippen molar-refractivity contribution >= 4 is 17.5 Å². The van der Waals surface area contributed by atoms with Crippen molar-refractivity contribution in [2.75, 3.05) is 7.11 Å². The van der Waals surface area contributed by atoms with Crippen LogP contribution in [0, 0.1) is 5.82 Å². The molecule has 7 heteroatoms. The van der Waals surface area contributed by atoms with E-state index in [0.717, 1.165) is 16.9 Å². The van der Waals surface area contributed by atoms with E-state index in [2.05, 4.69) is 16.2 Å². The van der Waals surface area contributed by atoms with Crippen molar-refractivity contribution in [3.8, 4) is 5.75 Å². The number of nitrogens with one attached hydrogen (secondary N) is 3. The number of hydrogen-bond donors (Lipinski definition) is 3. The van der Waals surface area contributed by atoms with Crippen molar-refractivity contribution in [3.63, 3.8) is 0 Å². The van der Waals surface area contributed by atoms with Crippen molar-refractivity contribution in [2.45, 2.75) is 25.0 Å². The predicted octanol–water partition coefficient (Wildman–Crippen LogP) is 2.71. The molecule has 2 aromatic rings. The zero-order chi connectivity index (χ0) is 17.8. The highest BCUT2D eigenvalue weighted by Gasteiger charge is 2.30. The molecule has 2 atom stereocenters. The van der Waals surface area contributed by atoms with Crippen LogP contribution < -0.4 is 20.9 Å². The van der Waals surface area contributed by atoms with Gasteiger partial charge in [-0.15, -0.1) is 0 Å². The molecule has 0 saturated carbocycles. The fourth-order valence-electron chi connectivity index (χ4n) is 2.77. The van der Waals surface area contributed by atoms with Gasteiger partial charge in [-0.05, 0) is 41.8 Å². The molecule has 5 nitrogen and oxygen atoms in total. The van der Waals surface area contributed by atoms with Crippen molar-refractivity contribution < 1.29 is 13.9 Å². The van der Waals surface area contributed by atoms with Crippen LogP contribution in [-0.4, -0.2) is 19.1 Å². The summed E-state index contributed by atoms with van der Waals surface area (Å²) in [4.78, 5) is 12.3. The summed E-state index contributed by atoms with van der Waals surface area (Å²) in [6.07, 6.45) is 0.614. The molecule has 0 aromatic heterocycles. The Hall–Kier alpha value is -2.15. The van der Waals surface area contributed by atoms with Gasteiger partial charge in [-0.3, -0.25) is 4.79 Å². The van der Waals surface area contributed by atoms with Crippen molar-refractivity contribution in [1.82, 2.24) is 16.2 Å². The molecule has 1 fully saturated rings. The molecular formula is C18H19ClFN3O2. The topological polar surface area (TPSA) is 62.4 Å². The average Bonchev–Trinajstić information content (AvgIpc) is 3.13. The zero-order valence-electron chi connectivity index (χ0n) is 13.7. The molecule has 1 amide bonds. The van der Waals surface area contributed by atoms with Gasteiger partial charge in [-0.25, -0.2) is 15.2 Å². The number of ether oxygens (including phenoxy) is 1. The maximum atomic E-state index is 13.2. The third-order valence-corrected chi connectivity index (χ3v) is 4.46. The van der Waals surface area contributed by atoms with Gasteiger partial charge in [0.25, 0.3) is 0 Å². The Morgan fingerprint density at radius 3 is 2.92 bits per heavy atom. The SMILES string of the molecule is COc1cccc(C2CC(C(=O)NCc3ccc(F)c(Cl)c3)NN2)c1. The van der Waals surface area contributed by atoms with Crippen LogP contribution in [-0.2, 0) is 11.3 Å². The van der Waals surface area contributed by atoms with E-state index >= 15 is 0 Å². The van der Waals surface area contributed by atoms with Crippen LogP contribution in [0.25, 0.3) is 0 Å². The van der Waals surface area contributed by atoms with E-state index in [1.54, 1.807) is 13.2 Å². The predicted molar refractivity (Wildman–Crippen MR) is 93.7 cm³/mol. The molecule has 3 N–H and O–H groups in total. The average molecular weight is 364 g/mol. The molecular weight excluding hydrogens is 345 g/mol. The van der Waals surface area contributed by atoms with Crippen molar-refractivity contribution in [1.29, 1.82) is 0 Å². The lowest BCUT2D eigenvalue weighted by Crippen LogP contribution is -2.42. The quantitative estimate of drug-likeness (QED) is 0.764. The Bertz CT molecular complexity index is 772. The summed E-state index contributed by atoms with van der Waals surface area (Å²) >= 11 is 5.75. The standard InChI is InChI=1S/C18H19ClFN3O2/c1-25-13-4-2-3-12(8-13)16-9-17(23-22-16)18(24)21-10-11-5-6-15(20)14(19)7-11/h2-8,16-17,22-23H,9-10H2,1H3,(H,21,24). The highest BCUT2D eigenvalue weighted by Crippen LogP contribution is 2.25. The first-order valence-corrected chi connectivity index (χ1v) is 8.31. The smallest absolute Gasteiger partial charge is 0.238 e. The van der Waals surface area contributed by atoms with Crippen LogP contribution in [0.4, 0.5) is 4.39 Å². The highest BCUT2D eigenvalue weighted by molar-refractivity contribution is 6.30. The van der Waals surface area contributed by atoms with Gasteiger partial charge in [-0.2, -0.15) is 0 Å². The van der Waals surface area contributed by atoms with E-state index in [9.17, 15) is 9.18 Å². The fraction of sp³-hybridized carbons (Fsp3) is 0.278. The molecule has 132 valence electrons. The lowest BCUT2D eigenvalue weighted by Gasteiger charge is -2.12. The molecule has 0 bridgehead atoms. The molecule has 0 spiro atoms. The molecule has 0 radical (unpaired) electrons. The fourth-order valence-corrected chi connectivity index (χ4v) is 2.97. The van der Waals surface area contributed by atoms with Gasteiger partial charge in [0, 0.05) is 12.6 Å². The third-order valence-electron chi connectivity index (χ3n) is 4.17. The maximum Gasteiger partial charge on any atom is 0.238 e. The Balaban J connectivity index is 1.56. The van der Waals surface area contributed by atoms with Crippen LogP contribution in [0.5, 0.6) is 5.75 Å². The highest BCUT2D eigenvalue weighted by atomic mass is 35.5. The molecule has 1 aliphatic rings. The maximum absolute atomic E-state index is 13.2. The first kappa shape index (κ1) is 17.7. The Labute approximate surface area is 150 Å². The van der Waals surface area contributed by atoms with Gasteiger partial charge < -0.3 is 10.1 Å². The van der Waals surface area contributed by atoms with Crippen LogP contribution in [0.15, 0.2) is 42.5 Å². The van der Waals surface area contributed by atoms with Crippen LogP contribution in [0.2, 0.25) is 5.02 Å². The van der Waals surface area contributed by atoms with E-state index in [1.165, 1.54) is 12.1 Å². The second-order valence-electron chi connectivity index (χ2n) is 5.87. The largest absolute Gasteiger partial charge is 0.497 e. The normalized spacial score (nSPS) is 19.6. The minimum Gasteiger partial charge on any atom is -0.497 e. The van der Waals surface area contributed by atoms with Crippen LogP contribution >= 0.6 is 11.6 Å². The Morgan fingerprint density at radius 2 is 2.16 bits per heavy atom. The second kappa shape index (κ2) is 7.82. The third kappa shape index (κ3) is 4.28. The van der Waals surface area contributed by atoms with E-state index < -0.39 is 5.82 Å². The number of hydrogen-bond acceptors (Lipinski definition) is 4. The minimum absolute atomic E-state index is 0.0196. The molecule has 3 rings (SSSR count). The lowest BCUT2D eigenvalue weighted by molar-refractivity contribution is -0.123. The van der Waals surface area contributed by atoms with Gasteiger partial charge in [0.05, 0.1) is 12.1 Å². The summed E-state index contributed by atoms with van der Waals surface area (Å²) in [5, 5.41) is 2.88. The molecule has 0 aliphatic carbocycles. The molecule has 1 saturated heterocycles. The van der Waals surface area contributed by atoms with Gasteiger partial charge in [-0.1, -0.05) is 29.8 Å². The molecule has 2 aromatic carbocycles. The van der Waals surface area contributed by atoms with Gasteiger partial charge in [0.15, 0.2) is 0 Å². The van der Waals surface area contributed by atoms with E-state index in [-0.39, 0.29) is 23.0 Å². The minimum atomic E-state index is -0.473. The molecule has 1 heterocycles. The number of carbonyl (C=O) groups excluding carboxylic acids is 1. The van der Waals surface area contributed by atoms with E-state index in [1.807, 2.05) is 24.3 Å². The molecule has 25 heavy (non-hydrogen) atoms. The zero-order valence-corrected chi connectivity index (χ0v) is 14.4. The molecule has 2 unspecified atom stereocenters. The summed E-state index contributed by atoms with van der Waals surface area (Å²) < 4.78 is 18.4. The second-order valence-corrected chi connectivity index (χ2v) is 6.28. The summed E-state index contributed by atoms with van der Waals surface area (Å²) in [6, 6.07) is 11.8. The van der Waals surface area contributed by atoms with E-state index in [0.29, 0.717) is 13.0 Å². The number of halogens is 2. The number of benzene rings is 2.